The van der Waals surface area contributed by atoms with Crippen LogP contribution in [-0.2, 0) is 0 Å². The van der Waals surface area contributed by atoms with Gasteiger partial charge in [-0.1, -0.05) is 24.4 Å². The van der Waals surface area contributed by atoms with Gasteiger partial charge < -0.3 is 4.90 Å². The van der Waals surface area contributed by atoms with Crippen LogP contribution < -0.4 is 4.90 Å². The number of nitrogens with zero attached hydrogens (tertiary/aromatic N) is 2. The molecule has 1 fully saturated rings. The Bertz CT molecular complexity index is 415. The van der Waals surface area contributed by atoms with E-state index < -0.39 is 0 Å². The molecule has 0 amide bonds. The third kappa shape index (κ3) is 2.88. The highest BCUT2D eigenvalue weighted by Gasteiger charge is 2.20. The number of nitro benzene ring substituents is 1. The molecule has 0 aliphatic carbocycles. The van der Waals surface area contributed by atoms with E-state index in [0.717, 1.165) is 25.9 Å². The van der Waals surface area contributed by atoms with E-state index in [1.807, 2.05) is 0 Å². The quantitative estimate of drug-likeness (QED) is 0.598. The number of nitro groups is 1. The van der Waals surface area contributed by atoms with E-state index in [-0.39, 0.29) is 10.6 Å². The standard InChI is InChI=1S/C12H15ClN2O2/c13-10-5-6-11(15(16)17)12(9-10)14-7-3-1-2-4-8-14/h5-6,9H,1-4,7-8H2. The fourth-order valence-electron chi connectivity index (χ4n) is 2.22. The number of halogens is 1. The van der Waals surface area contributed by atoms with Gasteiger partial charge in [0.05, 0.1) is 4.92 Å². The molecule has 1 saturated heterocycles. The molecule has 5 heteroatoms. The lowest BCUT2D eigenvalue weighted by molar-refractivity contribution is -0.384. The van der Waals surface area contributed by atoms with Gasteiger partial charge in [0.1, 0.15) is 5.69 Å². The number of hydrogen-bond acceptors (Lipinski definition) is 3. The van der Waals surface area contributed by atoms with Crippen LogP contribution in [0.2, 0.25) is 5.02 Å². The summed E-state index contributed by atoms with van der Waals surface area (Å²) in [6.45, 7) is 1.75. The van der Waals surface area contributed by atoms with Crippen molar-refractivity contribution in [3.8, 4) is 0 Å². The third-order valence-electron chi connectivity index (χ3n) is 3.08. The summed E-state index contributed by atoms with van der Waals surface area (Å²) in [5.41, 5.74) is 0.806. The predicted molar refractivity (Wildman–Crippen MR) is 68.8 cm³/mol. The Morgan fingerprint density at radius 1 is 1.18 bits per heavy atom. The van der Waals surface area contributed by atoms with Gasteiger partial charge in [-0.2, -0.15) is 0 Å². The fourth-order valence-corrected chi connectivity index (χ4v) is 2.38. The van der Waals surface area contributed by atoms with E-state index in [9.17, 15) is 10.1 Å². The molecular formula is C12H15ClN2O2. The lowest BCUT2D eigenvalue weighted by Gasteiger charge is -2.22. The zero-order valence-electron chi connectivity index (χ0n) is 9.56. The van der Waals surface area contributed by atoms with E-state index in [1.165, 1.54) is 18.9 Å². The molecule has 1 aromatic carbocycles. The molecule has 1 aliphatic rings. The predicted octanol–water partition coefficient (Wildman–Crippen LogP) is 3.63. The molecule has 0 atom stereocenters. The lowest BCUT2D eigenvalue weighted by Crippen LogP contribution is -2.24. The van der Waals surface area contributed by atoms with Crippen LogP contribution in [0.3, 0.4) is 0 Å². The van der Waals surface area contributed by atoms with Crippen molar-refractivity contribution in [2.75, 3.05) is 18.0 Å². The topological polar surface area (TPSA) is 46.4 Å². The molecular weight excluding hydrogens is 240 g/mol. The van der Waals surface area contributed by atoms with Crippen molar-refractivity contribution in [3.63, 3.8) is 0 Å². The second kappa shape index (κ2) is 5.36. The van der Waals surface area contributed by atoms with Crippen LogP contribution in [0.25, 0.3) is 0 Å². The summed E-state index contributed by atoms with van der Waals surface area (Å²) < 4.78 is 0. The molecule has 2 rings (SSSR count). The summed E-state index contributed by atoms with van der Waals surface area (Å²) in [6, 6.07) is 4.76. The molecule has 4 nitrogen and oxygen atoms in total. The van der Waals surface area contributed by atoms with Gasteiger partial charge in [-0.05, 0) is 25.0 Å². The summed E-state index contributed by atoms with van der Waals surface area (Å²) in [5, 5.41) is 11.5. The van der Waals surface area contributed by atoms with Gasteiger partial charge >= 0.3 is 0 Å². The first kappa shape index (κ1) is 12.2. The minimum absolute atomic E-state index is 0.149. The second-order valence-corrected chi connectivity index (χ2v) is 4.73. The maximum Gasteiger partial charge on any atom is 0.292 e. The number of rotatable bonds is 2. The highest BCUT2D eigenvalue weighted by Crippen LogP contribution is 2.32. The number of anilines is 1. The van der Waals surface area contributed by atoms with E-state index in [0.29, 0.717) is 10.7 Å². The van der Waals surface area contributed by atoms with Gasteiger partial charge in [0.15, 0.2) is 0 Å². The van der Waals surface area contributed by atoms with Gasteiger partial charge in [0.25, 0.3) is 5.69 Å². The second-order valence-electron chi connectivity index (χ2n) is 4.29. The SMILES string of the molecule is O=[N+]([O-])c1ccc(Cl)cc1N1CCCCCC1. The van der Waals surface area contributed by atoms with Crippen LogP contribution in [0.4, 0.5) is 11.4 Å². The van der Waals surface area contributed by atoms with Crippen molar-refractivity contribution in [1.29, 1.82) is 0 Å². The van der Waals surface area contributed by atoms with Crippen LogP contribution in [-0.4, -0.2) is 18.0 Å². The monoisotopic (exact) mass is 254 g/mol. The van der Waals surface area contributed by atoms with Gasteiger partial charge in [-0.15, -0.1) is 0 Å². The van der Waals surface area contributed by atoms with Gasteiger partial charge in [-0.3, -0.25) is 10.1 Å². The van der Waals surface area contributed by atoms with Crippen LogP contribution >= 0.6 is 11.6 Å². The van der Waals surface area contributed by atoms with Crippen LogP contribution in [0.15, 0.2) is 18.2 Å². The molecule has 1 heterocycles. The third-order valence-corrected chi connectivity index (χ3v) is 3.32. The zero-order chi connectivity index (χ0) is 12.3. The van der Waals surface area contributed by atoms with E-state index in [4.69, 9.17) is 11.6 Å². The molecule has 0 aromatic heterocycles. The first-order valence-electron chi connectivity index (χ1n) is 5.87. The summed E-state index contributed by atoms with van der Waals surface area (Å²) in [4.78, 5) is 12.7. The van der Waals surface area contributed by atoms with Crippen LogP contribution in [0.5, 0.6) is 0 Å². The highest BCUT2D eigenvalue weighted by atomic mass is 35.5. The fraction of sp³-hybridized carbons (Fsp3) is 0.500. The van der Waals surface area contributed by atoms with Crippen molar-refractivity contribution in [1.82, 2.24) is 0 Å². The smallest absolute Gasteiger partial charge is 0.292 e. The van der Waals surface area contributed by atoms with E-state index >= 15 is 0 Å². The van der Waals surface area contributed by atoms with E-state index in [2.05, 4.69) is 4.90 Å². The van der Waals surface area contributed by atoms with Crippen molar-refractivity contribution < 1.29 is 4.92 Å². The van der Waals surface area contributed by atoms with Crippen LogP contribution in [0, 0.1) is 10.1 Å². The first-order chi connectivity index (χ1) is 8.18. The zero-order valence-corrected chi connectivity index (χ0v) is 10.3. The Morgan fingerprint density at radius 2 is 1.82 bits per heavy atom. The average molecular weight is 255 g/mol. The molecule has 0 spiro atoms. The van der Waals surface area contributed by atoms with Gasteiger partial charge in [0.2, 0.25) is 0 Å². The lowest BCUT2D eigenvalue weighted by atomic mass is 10.2. The molecule has 17 heavy (non-hydrogen) atoms. The molecule has 0 N–H and O–H groups in total. The minimum atomic E-state index is -0.337. The van der Waals surface area contributed by atoms with Gasteiger partial charge in [0, 0.05) is 24.2 Å². The Hall–Kier alpha value is -1.29. The average Bonchev–Trinajstić information content (AvgIpc) is 2.56. The highest BCUT2D eigenvalue weighted by molar-refractivity contribution is 6.31. The summed E-state index contributed by atoms with van der Waals surface area (Å²) >= 11 is 5.93. The molecule has 92 valence electrons. The molecule has 1 aromatic rings. The van der Waals surface area contributed by atoms with Crippen molar-refractivity contribution in [2.45, 2.75) is 25.7 Å². The number of benzene rings is 1. The number of hydrogen-bond donors (Lipinski definition) is 0. The normalized spacial score (nSPS) is 16.6. The van der Waals surface area contributed by atoms with Gasteiger partial charge in [-0.25, -0.2) is 0 Å². The van der Waals surface area contributed by atoms with E-state index in [1.54, 1.807) is 12.1 Å². The molecule has 1 aliphatic heterocycles. The van der Waals surface area contributed by atoms with Crippen molar-refractivity contribution in [3.05, 3.63) is 33.3 Å². The Kier molecular flexibility index (Phi) is 3.84. The van der Waals surface area contributed by atoms with Crippen molar-refractivity contribution in [2.24, 2.45) is 0 Å². The summed E-state index contributed by atoms with van der Waals surface area (Å²) in [5.74, 6) is 0. The first-order valence-corrected chi connectivity index (χ1v) is 6.25. The maximum absolute atomic E-state index is 11.0. The minimum Gasteiger partial charge on any atom is -0.366 e. The largest absolute Gasteiger partial charge is 0.366 e. The Balaban J connectivity index is 2.34. The Labute approximate surface area is 105 Å². The maximum atomic E-state index is 11.0. The summed E-state index contributed by atoms with van der Waals surface area (Å²) in [7, 11) is 0. The van der Waals surface area contributed by atoms with Crippen molar-refractivity contribution >= 4 is 23.0 Å². The summed E-state index contributed by atoms with van der Waals surface area (Å²) in [6.07, 6.45) is 4.57. The molecule has 0 radical (unpaired) electrons. The molecule has 0 bridgehead atoms. The molecule has 0 unspecified atom stereocenters. The van der Waals surface area contributed by atoms with Crippen LogP contribution in [0.1, 0.15) is 25.7 Å². The Morgan fingerprint density at radius 3 is 2.41 bits per heavy atom. The molecule has 0 saturated carbocycles.